The molecule has 1 unspecified atom stereocenters. The van der Waals surface area contributed by atoms with Crippen molar-refractivity contribution in [2.24, 2.45) is 29.6 Å². The minimum Gasteiger partial charge on any atom is -0.507 e. The lowest BCUT2D eigenvalue weighted by Crippen LogP contribution is -2.51. The van der Waals surface area contributed by atoms with Crippen molar-refractivity contribution in [3.05, 3.63) is 104 Å². The Morgan fingerprint density at radius 2 is 1.55 bits per heavy atom. The molecule has 3 aromatic rings. The number of benzene rings is 2. The SMILES string of the molecule is COc1c(N2CCCC(NC(=O)C3CCN(C4=C5NC(=O)/C(C)=C\C=C\[C@H](C)[C@H](O)[C@@H](C)[C@@H](O)[C@@H](C)[C@H](OC(C)=O)[C@H](C)[C@@H](OC)/C=C/O[C@@]6(C)Oc7c(C)c(O)c(c(c7C6=O)C4=O)C5=O)CC3)C2)c(F)cc2c(=O)c(C(C)=O)cn(C3CC3)c12. The van der Waals surface area contributed by atoms with Gasteiger partial charge in [0.05, 0.1) is 64.8 Å². The van der Waals surface area contributed by atoms with Crippen molar-refractivity contribution in [2.45, 2.75) is 143 Å². The van der Waals surface area contributed by atoms with Crippen LogP contribution in [0.3, 0.4) is 0 Å². The zero-order valence-electron chi connectivity index (χ0n) is 49.8. The highest BCUT2D eigenvalue weighted by atomic mass is 19.1. The number of likely N-dealkylation sites (tertiary alicyclic amines) is 1. The molecule has 10 rings (SSSR count). The average molecular weight is 1180 g/mol. The molecule has 1 saturated carbocycles. The molecule has 6 heterocycles. The highest BCUT2D eigenvalue weighted by Gasteiger charge is 2.53. The molecule has 5 N–H and O–H groups in total. The van der Waals surface area contributed by atoms with Crippen molar-refractivity contribution in [3.8, 4) is 17.2 Å². The molecule has 2 aromatic carbocycles. The summed E-state index contributed by atoms with van der Waals surface area (Å²) in [5, 5.41) is 40.9. The Hall–Kier alpha value is -7.69. The monoisotopic (exact) mass is 1180 g/mol. The number of rotatable bonds is 9. The summed E-state index contributed by atoms with van der Waals surface area (Å²) in [7, 11) is 2.81. The second kappa shape index (κ2) is 24.4. The number of carbonyl (C=O) groups excluding carboxylic acids is 7. The van der Waals surface area contributed by atoms with Crippen LogP contribution in [0.2, 0.25) is 0 Å². The second-order valence-electron chi connectivity index (χ2n) is 23.8. The number of aromatic nitrogens is 1. The van der Waals surface area contributed by atoms with E-state index in [1.807, 2.05) is 4.57 Å². The van der Waals surface area contributed by atoms with Gasteiger partial charge < -0.3 is 64.0 Å². The highest BCUT2D eigenvalue weighted by Crippen LogP contribution is 2.50. The number of anilines is 1. The van der Waals surface area contributed by atoms with E-state index in [-0.39, 0.29) is 95.0 Å². The smallest absolute Gasteiger partial charge is 0.312 e. The fourth-order valence-corrected chi connectivity index (χ4v) is 12.8. The topological polar surface area (TPSA) is 279 Å². The van der Waals surface area contributed by atoms with Gasteiger partial charge in [0.2, 0.25) is 17.5 Å². The van der Waals surface area contributed by atoms with E-state index < -0.39 is 135 Å². The number of nitrogens with zero attached hydrogens (tertiary/aromatic N) is 3. The number of pyridine rings is 1. The lowest BCUT2D eigenvalue weighted by molar-refractivity contribution is -0.160. The van der Waals surface area contributed by atoms with E-state index in [2.05, 4.69) is 10.6 Å². The number of Topliss-reactive ketones (excluding diaryl/α,β-unsaturated/α-hetero) is 4. The van der Waals surface area contributed by atoms with Crippen LogP contribution in [0.25, 0.3) is 10.9 Å². The summed E-state index contributed by atoms with van der Waals surface area (Å²) in [4.78, 5) is 116. The van der Waals surface area contributed by atoms with Gasteiger partial charge in [-0.15, -0.1) is 0 Å². The predicted octanol–water partition coefficient (Wildman–Crippen LogP) is 6.46. The molecule has 22 heteroatoms. The van der Waals surface area contributed by atoms with Crippen molar-refractivity contribution < 1.29 is 77.0 Å². The molecule has 5 aliphatic heterocycles. The number of nitrogens with one attached hydrogen (secondary N) is 2. The molecule has 2 amide bonds. The quantitative estimate of drug-likeness (QED) is 0.114. The van der Waals surface area contributed by atoms with Crippen LogP contribution in [-0.2, 0) is 28.6 Å². The number of hydrogen-bond donors (Lipinski definition) is 5. The summed E-state index contributed by atoms with van der Waals surface area (Å²) in [6, 6.07) is 0.721. The first-order valence-electron chi connectivity index (χ1n) is 29.0. The molecule has 3 fully saturated rings. The van der Waals surface area contributed by atoms with Crippen molar-refractivity contribution in [1.82, 2.24) is 20.1 Å². The summed E-state index contributed by atoms with van der Waals surface area (Å²) >= 11 is 0. The highest BCUT2D eigenvalue weighted by molar-refractivity contribution is 6.32. The van der Waals surface area contributed by atoms with E-state index in [4.69, 9.17) is 23.7 Å². The van der Waals surface area contributed by atoms with E-state index in [9.17, 15) is 44.1 Å². The van der Waals surface area contributed by atoms with Gasteiger partial charge in [0.25, 0.3) is 11.7 Å². The Kier molecular flexibility index (Phi) is 17.7. The number of esters is 1. The third-order valence-electron chi connectivity index (χ3n) is 17.9. The van der Waals surface area contributed by atoms with Crippen LogP contribution in [0.4, 0.5) is 10.1 Å². The molecular weight excluding hydrogens is 1100 g/mol. The number of methoxy groups -OCH3 is 2. The molecule has 5 bridgehead atoms. The van der Waals surface area contributed by atoms with Crippen molar-refractivity contribution in [2.75, 3.05) is 45.3 Å². The standard InChI is InChI=1S/C63H76FN5O16/c1-29-14-12-15-30(2)61(79)66-47-50(67-23-19-37(20-24-67)62(80)65-38-16-13-22-68(27-38)49-42(64)26-40-48(59(49)82-11)69(39-17-18-39)28-41(35(7)70)54(40)75)56(77)44-45(55(47)76)53(74)34(6)58-46(44)60(78)63(9,85-58)83-25-21-43(81-10)31(3)57(84-36(8)71)33(5)52(73)32(4)51(29)72/h12,14-15,21,25-26,28-29,31-33,37-39,43,51-52,57,72-74H,13,16-20,22-24,27H2,1-11H3,(H,65,80)(H,66,79)/b14-12+,25-21+,30-15-/t29-,31+,32+,33+,38?,43-,51-,52+,57+,63-/m0/s1. The maximum absolute atomic E-state index is 16.4. The van der Waals surface area contributed by atoms with E-state index in [0.29, 0.717) is 24.9 Å². The Bertz CT molecular complexity index is 3460. The van der Waals surface area contributed by atoms with Crippen LogP contribution < -0.4 is 30.4 Å². The number of aliphatic hydroxyl groups is 2. The predicted molar refractivity (Wildman–Crippen MR) is 309 cm³/mol. The molecule has 7 aliphatic rings. The van der Waals surface area contributed by atoms with Crippen molar-refractivity contribution in [1.29, 1.82) is 0 Å². The Morgan fingerprint density at radius 3 is 2.19 bits per heavy atom. The summed E-state index contributed by atoms with van der Waals surface area (Å²) in [5.41, 5.74) is -2.19. The summed E-state index contributed by atoms with van der Waals surface area (Å²) < 4.78 is 47.9. The number of aliphatic hydroxyl groups excluding tert-OH is 2. The fourth-order valence-electron chi connectivity index (χ4n) is 12.8. The minimum atomic E-state index is -2.18. The minimum absolute atomic E-state index is 0.00508. The molecule has 85 heavy (non-hydrogen) atoms. The molecule has 21 nitrogen and oxygen atoms in total. The third-order valence-corrected chi connectivity index (χ3v) is 17.9. The Morgan fingerprint density at radius 1 is 0.859 bits per heavy atom. The van der Waals surface area contributed by atoms with E-state index in [1.165, 1.54) is 73.3 Å². The van der Waals surface area contributed by atoms with Gasteiger partial charge in [0.1, 0.15) is 34.7 Å². The number of phenols is 1. The lowest BCUT2D eigenvalue weighted by Gasteiger charge is -2.38. The molecule has 0 spiro atoms. The molecule has 2 aliphatic carbocycles. The van der Waals surface area contributed by atoms with Gasteiger partial charge in [-0.1, -0.05) is 45.9 Å². The van der Waals surface area contributed by atoms with E-state index >= 15 is 14.0 Å². The fraction of sp³-hybridized carbons (Fsp3) is 0.524. The maximum Gasteiger partial charge on any atom is 0.312 e. The van der Waals surface area contributed by atoms with Gasteiger partial charge in [-0.2, -0.15) is 0 Å². The first kappa shape index (κ1) is 61.9. The van der Waals surface area contributed by atoms with Gasteiger partial charge >= 0.3 is 11.8 Å². The van der Waals surface area contributed by atoms with Crippen molar-refractivity contribution >= 4 is 57.5 Å². The number of halogens is 1. The maximum atomic E-state index is 16.4. The van der Waals surface area contributed by atoms with Gasteiger partial charge in [-0.05, 0) is 71.4 Å². The first-order valence-corrected chi connectivity index (χ1v) is 29.0. The lowest BCUT2D eigenvalue weighted by atomic mass is 9.78. The number of hydrogen-bond acceptors (Lipinski definition) is 18. The van der Waals surface area contributed by atoms with Crippen LogP contribution >= 0.6 is 0 Å². The zero-order chi connectivity index (χ0) is 61.8. The van der Waals surface area contributed by atoms with Gasteiger partial charge in [-0.25, -0.2) is 4.39 Å². The number of carbonyl (C=O) groups is 7. The number of piperidine rings is 2. The number of aromatic hydroxyl groups is 1. The summed E-state index contributed by atoms with van der Waals surface area (Å²) in [6.45, 7) is 14.1. The Balaban J connectivity index is 1.01. The second-order valence-corrected chi connectivity index (χ2v) is 23.8. The number of amides is 2. The van der Waals surface area contributed by atoms with Crippen LogP contribution in [0.5, 0.6) is 17.2 Å². The van der Waals surface area contributed by atoms with Crippen molar-refractivity contribution in [3.63, 3.8) is 0 Å². The molecule has 2 saturated heterocycles. The largest absolute Gasteiger partial charge is 0.507 e. The molecule has 10 atom stereocenters. The van der Waals surface area contributed by atoms with E-state index in [0.717, 1.165) is 25.2 Å². The number of phenolic OH excluding ortho intramolecular Hbond substituents is 1. The van der Waals surface area contributed by atoms with Crippen LogP contribution in [0, 0.1) is 42.3 Å². The van der Waals surface area contributed by atoms with Gasteiger partial charge in [0.15, 0.2) is 22.8 Å². The molecular formula is C63H76FN5O16. The van der Waals surface area contributed by atoms with E-state index in [1.54, 1.807) is 43.6 Å². The number of fused-ring (bicyclic) bond motifs is 15. The summed E-state index contributed by atoms with van der Waals surface area (Å²) in [5.74, 6) is -11.9. The number of allylic oxidation sites excluding steroid dienone is 4. The third kappa shape index (κ3) is 11.5. The average Bonchev–Trinajstić information content (AvgIpc) is 1.70. The van der Waals surface area contributed by atoms with Crippen LogP contribution in [0.1, 0.15) is 147 Å². The van der Waals surface area contributed by atoms with Gasteiger partial charge in [0, 0.05) is 106 Å². The number of ketones is 4. The summed E-state index contributed by atoms with van der Waals surface area (Å²) in [6.07, 6.45) is 7.67. The molecule has 456 valence electrons. The van der Waals surface area contributed by atoms with Crippen LogP contribution in [-0.4, -0.2) is 142 Å². The Labute approximate surface area is 491 Å². The first-order chi connectivity index (χ1) is 40.2. The normalized spacial score (nSPS) is 29.4. The van der Waals surface area contributed by atoms with Crippen LogP contribution in [0.15, 0.2) is 64.6 Å². The molecule has 1 aromatic heterocycles. The zero-order valence-corrected chi connectivity index (χ0v) is 49.8. The number of ether oxygens (including phenoxy) is 5. The van der Waals surface area contributed by atoms with Gasteiger partial charge in [-0.3, -0.25) is 38.4 Å². The molecule has 0 radical (unpaired) electrons.